The Labute approximate surface area is 219 Å². The van der Waals surface area contributed by atoms with Crippen molar-refractivity contribution in [1.82, 2.24) is 0 Å². The van der Waals surface area contributed by atoms with Gasteiger partial charge >= 0.3 is 23.9 Å². The van der Waals surface area contributed by atoms with Gasteiger partial charge in [0.15, 0.2) is 4.29 Å². The van der Waals surface area contributed by atoms with E-state index in [1.54, 1.807) is 0 Å². The normalized spacial score (nSPS) is 15.8. The van der Waals surface area contributed by atoms with Gasteiger partial charge in [0, 0.05) is 0 Å². The second-order valence-electron chi connectivity index (χ2n) is 6.24. The van der Waals surface area contributed by atoms with Crippen LogP contribution in [0.2, 0.25) is 0 Å². The summed E-state index contributed by atoms with van der Waals surface area (Å²) in [5.41, 5.74) is 1.06. The van der Waals surface area contributed by atoms with E-state index < -0.39 is 28.2 Å². The minimum absolute atomic E-state index is 0.210. The molecule has 0 saturated carbocycles. The van der Waals surface area contributed by atoms with Crippen LogP contribution >= 0.6 is 95.6 Å². The van der Waals surface area contributed by atoms with E-state index in [0.717, 1.165) is 0 Å². The number of carbonyl (C=O) groups is 4. The molecule has 2 aliphatic rings. The van der Waals surface area contributed by atoms with Gasteiger partial charge in [-0.15, -0.1) is 0 Å². The molecule has 12 heteroatoms. The van der Waals surface area contributed by atoms with Gasteiger partial charge in [-0.25, -0.2) is 19.2 Å². The first-order chi connectivity index (χ1) is 13.8. The first-order valence-electron chi connectivity index (χ1n) is 7.83. The van der Waals surface area contributed by atoms with Gasteiger partial charge in [-0.2, -0.15) is 0 Å². The lowest BCUT2D eigenvalue weighted by atomic mass is 9.90. The molecule has 30 heavy (non-hydrogen) atoms. The van der Waals surface area contributed by atoms with Crippen LogP contribution < -0.4 is 0 Å². The molecule has 0 atom stereocenters. The van der Waals surface area contributed by atoms with Crippen LogP contribution in [0.4, 0.5) is 0 Å². The molecule has 2 heterocycles. The van der Waals surface area contributed by atoms with Crippen LogP contribution in [-0.2, 0) is 13.8 Å². The predicted molar refractivity (Wildman–Crippen MR) is 128 cm³/mol. The molecule has 0 saturated heterocycles. The zero-order valence-corrected chi connectivity index (χ0v) is 23.5. The molecular formula is C18H4Br6O6. The second-order valence-corrected chi connectivity index (χ2v) is 19.8. The molecule has 0 aliphatic carbocycles. The maximum absolute atomic E-state index is 12.8. The standard InChI is InChI=1S/C18H4Br6O6/c19-17(20,21)11-3-9-7-1-5(11)6-2-8(14(26)29-13(7)25)10(16(28)30-15(9)27)4-12(6)18(22,23)24/h1-4H. The Morgan fingerprint density at radius 2 is 0.733 bits per heavy atom. The van der Waals surface area contributed by atoms with E-state index in [0.29, 0.717) is 22.3 Å². The highest BCUT2D eigenvalue weighted by Crippen LogP contribution is 2.54. The molecule has 2 aliphatic heterocycles. The Kier molecular flexibility index (Phi) is 5.76. The maximum Gasteiger partial charge on any atom is 0.346 e. The zero-order chi connectivity index (χ0) is 22.2. The Morgan fingerprint density at radius 1 is 0.467 bits per heavy atom. The summed E-state index contributed by atoms with van der Waals surface area (Å²) in [5.74, 6) is -4.16. The molecular weight excluding hydrogens is 792 g/mol. The number of alkyl halides is 6. The van der Waals surface area contributed by atoms with Crippen molar-refractivity contribution in [2.75, 3.05) is 0 Å². The van der Waals surface area contributed by atoms with Gasteiger partial charge in [0.2, 0.25) is 0 Å². The number of hydrogen-bond donors (Lipinski definition) is 0. The van der Waals surface area contributed by atoms with Gasteiger partial charge in [0.25, 0.3) is 0 Å². The monoisotopic (exact) mass is 790 g/mol. The van der Waals surface area contributed by atoms with E-state index in [1.807, 2.05) is 0 Å². The van der Waals surface area contributed by atoms with Crippen LogP contribution in [0.5, 0.6) is 0 Å². The minimum atomic E-state index is -1.05. The third-order valence-electron chi connectivity index (χ3n) is 4.47. The number of cyclic esters (lactones) is 2. The van der Waals surface area contributed by atoms with Crippen molar-refractivity contribution in [1.29, 1.82) is 0 Å². The van der Waals surface area contributed by atoms with Crippen molar-refractivity contribution in [3.8, 4) is 11.1 Å². The number of rotatable bonds is 0. The van der Waals surface area contributed by atoms with Crippen molar-refractivity contribution >= 4 is 119 Å². The third kappa shape index (κ3) is 3.81. The minimum Gasteiger partial charge on any atom is -0.386 e. The molecule has 0 unspecified atom stereocenters. The van der Waals surface area contributed by atoms with Gasteiger partial charge in [-0.05, 0) is 46.5 Å². The van der Waals surface area contributed by atoms with Crippen LogP contribution in [-0.4, -0.2) is 23.9 Å². The Morgan fingerprint density at radius 3 is 1.00 bits per heavy atom. The summed E-state index contributed by atoms with van der Waals surface area (Å²) >= 11 is 20.7. The van der Waals surface area contributed by atoms with Crippen molar-refractivity contribution in [3.63, 3.8) is 0 Å². The number of benzene rings is 2. The number of hydrogen-bond acceptors (Lipinski definition) is 6. The van der Waals surface area contributed by atoms with Gasteiger partial charge in [0.05, 0.1) is 22.3 Å². The van der Waals surface area contributed by atoms with E-state index in [9.17, 15) is 19.2 Å². The molecule has 4 bridgehead atoms. The zero-order valence-electron chi connectivity index (χ0n) is 14.0. The lowest BCUT2D eigenvalue weighted by Crippen LogP contribution is -2.24. The first-order valence-corrected chi connectivity index (χ1v) is 12.6. The fourth-order valence-electron chi connectivity index (χ4n) is 3.18. The largest absolute Gasteiger partial charge is 0.386 e. The van der Waals surface area contributed by atoms with Gasteiger partial charge < -0.3 is 9.47 Å². The van der Waals surface area contributed by atoms with Crippen molar-refractivity contribution in [2.45, 2.75) is 4.29 Å². The lowest BCUT2D eigenvalue weighted by Gasteiger charge is -2.23. The molecule has 2 aromatic rings. The molecule has 0 radical (unpaired) electrons. The van der Waals surface area contributed by atoms with Crippen molar-refractivity contribution in [3.05, 3.63) is 57.6 Å². The number of halogens is 6. The SMILES string of the molecule is O=C1OC(=O)c2cc3c(C(Br)(Br)Br)cc2C(=O)OC(=O)c2cc(C(Br)(Br)Br)c-3cc21. The smallest absolute Gasteiger partial charge is 0.346 e. The summed E-state index contributed by atoms with van der Waals surface area (Å²) in [6.07, 6.45) is 0. The third-order valence-corrected chi connectivity index (χ3v) is 7.03. The lowest BCUT2D eigenvalue weighted by molar-refractivity contribution is 0.0334. The molecule has 0 spiro atoms. The van der Waals surface area contributed by atoms with E-state index in [-0.39, 0.29) is 22.3 Å². The fraction of sp³-hybridized carbons (Fsp3) is 0.111. The topological polar surface area (TPSA) is 86.7 Å². The Bertz CT molecular complexity index is 1100. The maximum atomic E-state index is 12.8. The first kappa shape index (κ1) is 22.8. The highest BCUT2D eigenvalue weighted by Gasteiger charge is 2.39. The molecule has 0 amide bonds. The van der Waals surface area contributed by atoms with Crippen LogP contribution in [0.1, 0.15) is 52.6 Å². The van der Waals surface area contributed by atoms with Gasteiger partial charge in [-0.3, -0.25) is 0 Å². The van der Waals surface area contributed by atoms with Crippen LogP contribution in [0.25, 0.3) is 11.1 Å². The molecule has 154 valence electrons. The Hall–Kier alpha value is -0.400. The highest BCUT2D eigenvalue weighted by molar-refractivity contribution is 9.39. The molecule has 0 fully saturated rings. The van der Waals surface area contributed by atoms with Crippen molar-refractivity contribution < 1.29 is 28.7 Å². The molecule has 0 N–H and O–H groups in total. The summed E-state index contributed by atoms with van der Waals surface area (Å²) in [6, 6.07) is 5.61. The van der Waals surface area contributed by atoms with Crippen LogP contribution in [0, 0.1) is 0 Å². The number of ether oxygens (including phenoxy) is 2. The summed E-state index contributed by atoms with van der Waals surface area (Å²) in [7, 11) is 0. The van der Waals surface area contributed by atoms with Crippen molar-refractivity contribution in [2.24, 2.45) is 0 Å². The van der Waals surface area contributed by atoms with E-state index in [4.69, 9.17) is 9.47 Å². The second kappa shape index (κ2) is 7.58. The molecule has 2 aromatic carbocycles. The van der Waals surface area contributed by atoms with Crippen LogP contribution in [0.15, 0.2) is 24.3 Å². The van der Waals surface area contributed by atoms with E-state index in [2.05, 4.69) is 95.6 Å². The Balaban J connectivity index is 2.30. The average molecular weight is 796 g/mol. The van der Waals surface area contributed by atoms with E-state index in [1.165, 1.54) is 24.3 Å². The van der Waals surface area contributed by atoms with Gasteiger partial charge in [0.1, 0.15) is 0 Å². The average Bonchev–Trinajstić information content (AvgIpc) is 2.65. The summed E-state index contributed by atoms with van der Waals surface area (Å²) in [5, 5.41) is 0. The molecule has 0 aromatic heterocycles. The summed E-state index contributed by atoms with van der Waals surface area (Å²) < 4.78 is 7.92. The number of carbonyl (C=O) groups excluding carboxylic acids is 4. The highest BCUT2D eigenvalue weighted by atomic mass is 80.0. The number of fused-ring (bicyclic) bond motifs is 5. The number of esters is 4. The molecule has 4 rings (SSSR count). The fourth-order valence-corrected chi connectivity index (χ4v) is 5.15. The summed E-state index contributed by atoms with van der Waals surface area (Å²) in [6.45, 7) is 0. The predicted octanol–water partition coefficient (Wildman–Crippen LogP) is 6.56. The quantitative estimate of drug-likeness (QED) is 0.171. The van der Waals surface area contributed by atoms with Crippen LogP contribution in [0.3, 0.4) is 0 Å². The molecule has 6 nitrogen and oxygen atoms in total. The van der Waals surface area contributed by atoms with Gasteiger partial charge in [-0.1, -0.05) is 95.6 Å². The summed E-state index contributed by atoms with van der Waals surface area (Å²) in [4.78, 5) is 50.9. The van der Waals surface area contributed by atoms with E-state index >= 15 is 0 Å².